The van der Waals surface area contributed by atoms with E-state index in [0.717, 1.165) is 0 Å². The molecule has 2 heterocycles. The Labute approximate surface area is 90.7 Å². The van der Waals surface area contributed by atoms with Crippen molar-refractivity contribution in [1.82, 2.24) is 10.1 Å². The Bertz CT molecular complexity index is 452. The standard InChI is InChI=1S/C9H9ClN2O3/c1-2-5(13)8-11-9(15-12-8)6-3-4-7(10)14-6/h3-5,13H,2H2,1H3. The lowest BCUT2D eigenvalue weighted by molar-refractivity contribution is 0.159. The molecule has 80 valence electrons. The van der Waals surface area contributed by atoms with Gasteiger partial charge >= 0.3 is 0 Å². The van der Waals surface area contributed by atoms with Crippen LogP contribution in [0.3, 0.4) is 0 Å². The quantitative estimate of drug-likeness (QED) is 0.874. The van der Waals surface area contributed by atoms with Gasteiger partial charge in [-0.25, -0.2) is 0 Å². The maximum Gasteiger partial charge on any atom is 0.293 e. The van der Waals surface area contributed by atoms with Crippen molar-refractivity contribution in [3.63, 3.8) is 0 Å². The predicted molar refractivity (Wildman–Crippen MR) is 52.3 cm³/mol. The summed E-state index contributed by atoms with van der Waals surface area (Å²) < 4.78 is 10.00. The van der Waals surface area contributed by atoms with Gasteiger partial charge in [-0.15, -0.1) is 0 Å². The van der Waals surface area contributed by atoms with Crippen LogP contribution in [0.25, 0.3) is 11.7 Å². The third kappa shape index (κ3) is 2.03. The molecule has 0 bridgehead atoms. The number of halogens is 1. The van der Waals surface area contributed by atoms with Gasteiger partial charge in [0.15, 0.2) is 11.0 Å². The van der Waals surface area contributed by atoms with Crippen molar-refractivity contribution in [2.24, 2.45) is 0 Å². The molecular weight excluding hydrogens is 220 g/mol. The molecule has 6 heteroatoms. The van der Waals surface area contributed by atoms with Crippen molar-refractivity contribution in [2.45, 2.75) is 19.4 Å². The summed E-state index contributed by atoms with van der Waals surface area (Å²) >= 11 is 5.60. The zero-order valence-corrected chi connectivity index (χ0v) is 8.73. The second-order valence-corrected chi connectivity index (χ2v) is 3.36. The van der Waals surface area contributed by atoms with E-state index in [4.69, 9.17) is 20.5 Å². The summed E-state index contributed by atoms with van der Waals surface area (Å²) in [6.07, 6.45) is -0.189. The summed E-state index contributed by atoms with van der Waals surface area (Å²) in [6, 6.07) is 3.20. The molecule has 5 nitrogen and oxygen atoms in total. The van der Waals surface area contributed by atoms with Crippen molar-refractivity contribution in [1.29, 1.82) is 0 Å². The maximum atomic E-state index is 9.45. The minimum atomic E-state index is -0.715. The second kappa shape index (κ2) is 4.04. The van der Waals surface area contributed by atoms with Crippen LogP contribution in [0.2, 0.25) is 5.22 Å². The van der Waals surface area contributed by atoms with E-state index in [1.807, 2.05) is 6.92 Å². The fourth-order valence-corrected chi connectivity index (χ4v) is 1.23. The van der Waals surface area contributed by atoms with Crippen molar-refractivity contribution in [3.8, 4) is 11.7 Å². The first-order chi connectivity index (χ1) is 7.20. The highest BCUT2D eigenvalue weighted by atomic mass is 35.5. The molecule has 1 atom stereocenters. The first-order valence-electron chi connectivity index (χ1n) is 4.48. The number of nitrogens with zero attached hydrogens (tertiary/aromatic N) is 2. The van der Waals surface area contributed by atoms with Gasteiger partial charge in [-0.3, -0.25) is 0 Å². The smallest absolute Gasteiger partial charge is 0.293 e. The highest BCUT2D eigenvalue weighted by Gasteiger charge is 2.16. The monoisotopic (exact) mass is 228 g/mol. The normalized spacial score (nSPS) is 13.0. The van der Waals surface area contributed by atoms with Gasteiger partial charge < -0.3 is 14.0 Å². The number of aliphatic hydroxyl groups is 1. The van der Waals surface area contributed by atoms with Crippen LogP contribution in [0.5, 0.6) is 0 Å². The van der Waals surface area contributed by atoms with Crippen molar-refractivity contribution in [3.05, 3.63) is 23.2 Å². The lowest BCUT2D eigenvalue weighted by atomic mass is 10.3. The molecule has 0 saturated carbocycles. The molecule has 0 amide bonds. The number of furan rings is 1. The van der Waals surface area contributed by atoms with E-state index in [1.54, 1.807) is 12.1 Å². The molecule has 1 N–H and O–H groups in total. The Hall–Kier alpha value is -1.33. The van der Waals surface area contributed by atoms with Crippen molar-refractivity contribution >= 4 is 11.6 Å². The van der Waals surface area contributed by atoms with Crippen molar-refractivity contribution < 1.29 is 14.0 Å². The van der Waals surface area contributed by atoms with Crippen LogP contribution in [0.15, 0.2) is 21.1 Å². The Balaban J connectivity index is 2.27. The molecule has 2 aromatic rings. The van der Waals surface area contributed by atoms with Gasteiger partial charge in [0, 0.05) is 0 Å². The molecule has 2 rings (SSSR count). The average molecular weight is 229 g/mol. The number of aliphatic hydroxyl groups excluding tert-OH is 1. The Morgan fingerprint density at radius 2 is 2.33 bits per heavy atom. The van der Waals surface area contributed by atoms with Gasteiger partial charge in [-0.1, -0.05) is 12.1 Å². The van der Waals surface area contributed by atoms with Crippen molar-refractivity contribution in [2.75, 3.05) is 0 Å². The maximum absolute atomic E-state index is 9.45. The minimum absolute atomic E-state index is 0.212. The van der Waals surface area contributed by atoms with E-state index in [2.05, 4.69) is 10.1 Å². The summed E-state index contributed by atoms with van der Waals surface area (Å²) in [5.74, 6) is 0.853. The fraction of sp³-hybridized carbons (Fsp3) is 0.333. The molecule has 0 aliphatic rings. The highest BCUT2D eigenvalue weighted by molar-refractivity contribution is 6.28. The molecular formula is C9H9ClN2O3. The van der Waals surface area contributed by atoms with Crippen LogP contribution >= 0.6 is 11.6 Å². The molecule has 2 aromatic heterocycles. The molecule has 0 fully saturated rings. The van der Waals surface area contributed by atoms with Gasteiger partial charge in [0.25, 0.3) is 5.89 Å². The van der Waals surface area contributed by atoms with Gasteiger partial charge in [0.2, 0.25) is 5.82 Å². The topological polar surface area (TPSA) is 72.3 Å². The van der Waals surface area contributed by atoms with Crippen LogP contribution in [0, 0.1) is 0 Å². The number of aromatic nitrogens is 2. The molecule has 0 aromatic carbocycles. The first-order valence-corrected chi connectivity index (χ1v) is 4.86. The fourth-order valence-electron chi connectivity index (χ4n) is 1.08. The summed E-state index contributed by atoms with van der Waals surface area (Å²) in [5.41, 5.74) is 0. The van der Waals surface area contributed by atoms with Crippen LogP contribution < -0.4 is 0 Å². The number of hydrogen-bond donors (Lipinski definition) is 1. The first kappa shape index (κ1) is 10.2. The molecule has 0 spiro atoms. The van der Waals surface area contributed by atoms with Crippen LogP contribution in [0.4, 0.5) is 0 Å². The minimum Gasteiger partial charge on any atom is -0.440 e. The number of rotatable bonds is 3. The van der Waals surface area contributed by atoms with E-state index >= 15 is 0 Å². The third-order valence-corrected chi connectivity index (χ3v) is 2.11. The summed E-state index contributed by atoms with van der Waals surface area (Å²) in [4.78, 5) is 3.98. The lowest BCUT2D eigenvalue weighted by Gasteiger charge is -1.97. The second-order valence-electron chi connectivity index (χ2n) is 2.99. The molecule has 1 unspecified atom stereocenters. The summed E-state index contributed by atoms with van der Waals surface area (Å²) in [5, 5.41) is 13.3. The van der Waals surface area contributed by atoms with E-state index in [9.17, 15) is 5.11 Å². The zero-order chi connectivity index (χ0) is 10.8. The lowest BCUT2D eigenvalue weighted by Crippen LogP contribution is -1.97. The summed E-state index contributed by atoms with van der Waals surface area (Å²) in [6.45, 7) is 1.82. The van der Waals surface area contributed by atoms with E-state index in [0.29, 0.717) is 12.2 Å². The molecule has 15 heavy (non-hydrogen) atoms. The van der Waals surface area contributed by atoms with E-state index < -0.39 is 6.10 Å². The molecule has 0 aliphatic heterocycles. The SMILES string of the molecule is CCC(O)c1noc(-c2ccc(Cl)o2)n1. The third-order valence-electron chi connectivity index (χ3n) is 1.91. The van der Waals surface area contributed by atoms with Gasteiger partial charge in [-0.2, -0.15) is 4.98 Å². The number of hydrogen-bond acceptors (Lipinski definition) is 5. The van der Waals surface area contributed by atoms with Gasteiger partial charge in [-0.05, 0) is 30.2 Å². The molecule has 0 radical (unpaired) electrons. The largest absolute Gasteiger partial charge is 0.440 e. The van der Waals surface area contributed by atoms with Gasteiger partial charge in [0.1, 0.15) is 6.10 Å². The molecule has 0 saturated heterocycles. The summed E-state index contributed by atoms with van der Waals surface area (Å²) in [7, 11) is 0. The molecule has 0 aliphatic carbocycles. The van der Waals surface area contributed by atoms with E-state index in [1.165, 1.54) is 0 Å². The van der Waals surface area contributed by atoms with Crippen LogP contribution in [0.1, 0.15) is 25.3 Å². The zero-order valence-electron chi connectivity index (χ0n) is 7.98. The highest BCUT2D eigenvalue weighted by Crippen LogP contribution is 2.24. The van der Waals surface area contributed by atoms with Gasteiger partial charge in [0.05, 0.1) is 0 Å². The van der Waals surface area contributed by atoms with Crippen LogP contribution in [-0.2, 0) is 0 Å². The van der Waals surface area contributed by atoms with Crippen LogP contribution in [-0.4, -0.2) is 15.2 Å². The predicted octanol–water partition coefficient (Wildman–Crippen LogP) is 2.43. The Morgan fingerprint density at radius 3 is 2.93 bits per heavy atom. The van der Waals surface area contributed by atoms with E-state index in [-0.39, 0.29) is 16.9 Å². The Kier molecular flexibility index (Phi) is 2.75. The average Bonchev–Trinajstić information content (AvgIpc) is 2.84. The Morgan fingerprint density at radius 1 is 1.53 bits per heavy atom.